The van der Waals surface area contributed by atoms with Gasteiger partial charge in [0, 0.05) is 39.3 Å². The summed E-state index contributed by atoms with van der Waals surface area (Å²) in [7, 11) is 0. The summed E-state index contributed by atoms with van der Waals surface area (Å²) in [4.78, 5) is 9.65. The van der Waals surface area contributed by atoms with Crippen LogP contribution in [0, 0.1) is 13.8 Å². The van der Waals surface area contributed by atoms with Gasteiger partial charge in [0.1, 0.15) is 0 Å². The molecule has 0 spiro atoms. The van der Waals surface area contributed by atoms with Crippen molar-refractivity contribution in [2.45, 2.75) is 33.1 Å². The van der Waals surface area contributed by atoms with Gasteiger partial charge in [0.25, 0.3) is 0 Å². The molecule has 4 aromatic carbocycles. The van der Waals surface area contributed by atoms with Crippen LogP contribution in [0.2, 0.25) is 0 Å². The third-order valence-electron chi connectivity index (χ3n) is 7.66. The molecule has 1 aliphatic rings. The first-order valence-corrected chi connectivity index (χ1v) is 11.6. The van der Waals surface area contributed by atoms with Gasteiger partial charge in [-0.05, 0) is 87.6 Å². The Morgan fingerprint density at radius 3 is 2.21 bits per heavy atom. The van der Waals surface area contributed by atoms with E-state index in [0.717, 1.165) is 17.1 Å². The Morgan fingerprint density at radius 2 is 1.39 bits per heavy atom. The number of fused-ring (bicyclic) bond motifs is 7. The van der Waals surface area contributed by atoms with Crippen LogP contribution in [0.5, 0.6) is 0 Å². The zero-order valence-electron chi connectivity index (χ0n) is 19.3. The lowest BCUT2D eigenvalue weighted by atomic mass is 9.68. The molecule has 2 aromatic heterocycles. The van der Waals surface area contributed by atoms with Crippen LogP contribution in [0.3, 0.4) is 0 Å². The fraction of sp³-hybridized carbons (Fsp3) is 0.161. The average molecular weight is 425 g/mol. The van der Waals surface area contributed by atoms with Crippen molar-refractivity contribution in [1.82, 2.24) is 9.97 Å². The van der Waals surface area contributed by atoms with E-state index in [1.54, 1.807) is 0 Å². The molecule has 0 radical (unpaired) electrons. The fourth-order valence-electron chi connectivity index (χ4n) is 6.03. The van der Waals surface area contributed by atoms with Crippen molar-refractivity contribution in [3.05, 3.63) is 95.4 Å². The second kappa shape index (κ2) is 6.17. The van der Waals surface area contributed by atoms with Crippen LogP contribution in [-0.4, -0.2) is 9.97 Å². The first-order valence-electron chi connectivity index (χ1n) is 11.6. The van der Waals surface area contributed by atoms with E-state index < -0.39 is 0 Å². The maximum absolute atomic E-state index is 4.94. The molecule has 0 aliphatic heterocycles. The summed E-state index contributed by atoms with van der Waals surface area (Å²) < 4.78 is 0. The van der Waals surface area contributed by atoms with Gasteiger partial charge >= 0.3 is 0 Å². The summed E-state index contributed by atoms with van der Waals surface area (Å²) in [6.45, 7) is 8.92. The topological polar surface area (TPSA) is 25.8 Å². The lowest BCUT2D eigenvalue weighted by molar-refractivity contribution is 0.646. The van der Waals surface area contributed by atoms with Gasteiger partial charge in [-0.1, -0.05) is 50.2 Å². The van der Waals surface area contributed by atoms with Crippen molar-refractivity contribution in [2.75, 3.05) is 0 Å². The van der Waals surface area contributed by atoms with E-state index in [1.165, 1.54) is 59.8 Å². The minimum atomic E-state index is -0.138. The monoisotopic (exact) mass is 424 g/mol. The van der Waals surface area contributed by atoms with Crippen molar-refractivity contribution in [1.29, 1.82) is 0 Å². The molecule has 33 heavy (non-hydrogen) atoms. The first-order chi connectivity index (χ1) is 15.9. The van der Waals surface area contributed by atoms with Gasteiger partial charge in [-0.3, -0.25) is 9.97 Å². The van der Waals surface area contributed by atoms with Crippen molar-refractivity contribution in [3.8, 4) is 11.3 Å². The summed E-state index contributed by atoms with van der Waals surface area (Å²) in [6.07, 6.45) is 1.98. The Morgan fingerprint density at radius 1 is 0.667 bits per heavy atom. The summed E-state index contributed by atoms with van der Waals surface area (Å²) >= 11 is 0. The summed E-state index contributed by atoms with van der Waals surface area (Å²) in [6, 6.07) is 24.7. The molecule has 0 atom stereocenters. The molecule has 7 rings (SSSR count). The molecule has 1 aliphatic carbocycles. The third-order valence-corrected chi connectivity index (χ3v) is 7.66. The van der Waals surface area contributed by atoms with Crippen molar-refractivity contribution >= 4 is 43.1 Å². The van der Waals surface area contributed by atoms with Crippen LogP contribution in [0.4, 0.5) is 0 Å². The molecule has 0 bridgehead atoms. The Labute approximate surface area is 192 Å². The normalized spacial score (nSPS) is 14.3. The smallest absolute Gasteiger partial charge is 0.0786 e. The van der Waals surface area contributed by atoms with Crippen LogP contribution >= 0.6 is 0 Å². The number of hydrogen-bond donors (Lipinski definition) is 0. The van der Waals surface area contributed by atoms with E-state index in [-0.39, 0.29) is 5.41 Å². The number of pyridine rings is 2. The van der Waals surface area contributed by atoms with Crippen LogP contribution in [0.15, 0.2) is 72.9 Å². The zero-order chi connectivity index (χ0) is 22.5. The maximum atomic E-state index is 4.94. The highest BCUT2D eigenvalue weighted by Crippen LogP contribution is 2.51. The van der Waals surface area contributed by atoms with E-state index in [9.17, 15) is 0 Å². The summed E-state index contributed by atoms with van der Waals surface area (Å²) in [5.74, 6) is 0. The van der Waals surface area contributed by atoms with E-state index >= 15 is 0 Å². The second-order valence-corrected chi connectivity index (χ2v) is 9.98. The molecule has 0 fully saturated rings. The molecule has 2 nitrogen and oxygen atoms in total. The Bertz CT molecular complexity index is 1810. The molecular weight excluding hydrogens is 400 g/mol. The number of aryl methyl sites for hydroxylation is 2. The number of benzene rings is 4. The van der Waals surface area contributed by atoms with Gasteiger partial charge in [0.05, 0.1) is 5.69 Å². The summed E-state index contributed by atoms with van der Waals surface area (Å²) in [5.41, 5.74) is 7.08. The number of nitrogens with zero attached hydrogens (tertiary/aromatic N) is 2. The molecule has 0 N–H and O–H groups in total. The molecule has 158 valence electrons. The first kappa shape index (κ1) is 18.8. The molecule has 0 amide bonds. The molecule has 2 heteroatoms. The second-order valence-electron chi connectivity index (χ2n) is 9.98. The van der Waals surface area contributed by atoms with Gasteiger partial charge in [-0.2, -0.15) is 0 Å². The van der Waals surface area contributed by atoms with Gasteiger partial charge in [-0.15, -0.1) is 0 Å². The number of aromatic nitrogens is 2. The van der Waals surface area contributed by atoms with Gasteiger partial charge in [0.15, 0.2) is 0 Å². The standard InChI is InChI=1S/C31H24N2/c1-17-13-24-21(18(2)33-17)9-10-22-23-11-12-32-30-26-14-19-7-5-6-8-20(19)15-27(26)31(3,4)28(29(23)30)16-25(22)24/h5-16H,1-4H3. The van der Waals surface area contributed by atoms with Crippen molar-refractivity contribution in [2.24, 2.45) is 0 Å². The highest BCUT2D eigenvalue weighted by Gasteiger charge is 2.35. The van der Waals surface area contributed by atoms with Gasteiger partial charge in [0.2, 0.25) is 0 Å². The van der Waals surface area contributed by atoms with Crippen LogP contribution in [0.25, 0.3) is 54.3 Å². The van der Waals surface area contributed by atoms with E-state index in [4.69, 9.17) is 9.97 Å². The lowest BCUT2D eigenvalue weighted by Gasteiger charge is -2.35. The molecule has 0 saturated heterocycles. The highest BCUT2D eigenvalue weighted by molar-refractivity contribution is 6.21. The minimum absolute atomic E-state index is 0.138. The maximum Gasteiger partial charge on any atom is 0.0786 e. The van der Waals surface area contributed by atoms with E-state index in [2.05, 4.69) is 94.4 Å². The zero-order valence-corrected chi connectivity index (χ0v) is 19.3. The Kier molecular flexibility index (Phi) is 3.51. The molecular formula is C31H24N2. The molecule has 2 heterocycles. The van der Waals surface area contributed by atoms with Gasteiger partial charge < -0.3 is 0 Å². The predicted molar refractivity (Wildman–Crippen MR) is 139 cm³/mol. The van der Waals surface area contributed by atoms with Crippen molar-refractivity contribution in [3.63, 3.8) is 0 Å². The third kappa shape index (κ3) is 2.38. The van der Waals surface area contributed by atoms with Crippen LogP contribution in [0.1, 0.15) is 36.4 Å². The SMILES string of the molecule is Cc1cc2c(ccc3c4ccnc5c4c(cc23)C(C)(C)c2cc3ccccc3cc2-5)c(C)n1. The molecule has 0 unspecified atom stereocenters. The lowest BCUT2D eigenvalue weighted by Crippen LogP contribution is -2.24. The number of hydrogen-bond acceptors (Lipinski definition) is 2. The van der Waals surface area contributed by atoms with E-state index in [0.29, 0.717) is 0 Å². The Hall–Kier alpha value is -3.78. The van der Waals surface area contributed by atoms with Crippen LogP contribution < -0.4 is 0 Å². The molecule has 6 aromatic rings. The highest BCUT2D eigenvalue weighted by atomic mass is 14.7. The molecule has 0 saturated carbocycles. The van der Waals surface area contributed by atoms with Crippen LogP contribution in [-0.2, 0) is 5.41 Å². The predicted octanol–water partition coefficient (Wildman–Crippen LogP) is 8.01. The summed E-state index contributed by atoms with van der Waals surface area (Å²) in [5, 5.41) is 10.2. The van der Waals surface area contributed by atoms with E-state index in [1.807, 2.05) is 6.20 Å². The fourth-order valence-corrected chi connectivity index (χ4v) is 6.03. The Balaban J connectivity index is 1.71. The minimum Gasteiger partial charge on any atom is -0.258 e. The number of rotatable bonds is 0. The largest absolute Gasteiger partial charge is 0.258 e. The average Bonchev–Trinajstić information content (AvgIpc) is 2.81. The van der Waals surface area contributed by atoms with Gasteiger partial charge in [-0.25, -0.2) is 0 Å². The quantitative estimate of drug-likeness (QED) is 0.231. The van der Waals surface area contributed by atoms with Crippen molar-refractivity contribution < 1.29 is 0 Å².